The van der Waals surface area contributed by atoms with Crippen LogP contribution in [0.3, 0.4) is 0 Å². The summed E-state index contributed by atoms with van der Waals surface area (Å²) in [6.45, 7) is 6.91. The Kier molecular flexibility index (Phi) is 6.09. The van der Waals surface area contributed by atoms with Gasteiger partial charge in [0.1, 0.15) is 0 Å². The minimum absolute atomic E-state index is 0.461. The van der Waals surface area contributed by atoms with E-state index in [1.165, 1.54) is 56.1 Å². The van der Waals surface area contributed by atoms with E-state index < -0.39 is 0 Å². The second kappa shape index (κ2) is 7.83. The molecule has 1 N–H and O–H groups in total. The maximum atomic E-state index is 3.82. The first-order valence-electron chi connectivity index (χ1n) is 8.55. The molecular formula is C19H31N. The summed E-state index contributed by atoms with van der Waals surface area (Å²) in [6.07, 6.45) is 9.55. The molecule has 2 atom stereocenters. The third-order valence-electron chi connectivity index (χ3n) is 4.89. The van der Waals surface area contributed by atoms with Crippen LogP contribution in [0.1, 0.15) is 76.5 Å². The van der Waals surface area contributed by atoms with Gasteiger partial charge >= 0.3 is 0 Å². The van der Waals surface area contributed by atoms with Crippen molar-refractivity contribution in [3.63, 3.8) is 0 Å². The Bertz CT molecular complexity index is 375. The average Bonchev–Trinajstić information content (AvgIpc) is 2.49. The van der Waals surface area contributed by atoms with Crippen molar-refractivity contribution < 1.29 is 0 Å². The Balaban J connectivity index is 1.88. The lowest BCUT2D eigenvalue weighted by molar-refractivity contribution is 0.268. The predicted molar refractivity (Wildman–Crippen MR) is 88.0 cm³/mol. The third-order valence-corrected chi connectivity index (χ3v) is 4.89. The Morgan fingerprint density at radius 2 is 1.70 bits per heavy atom. The topological polar surface area (TPSA) is 12.0 Å². The minimum Gasteiger partial charge on any atom is -0.307 e. The van der Waals surface area contributed by atoms with Gasteiger partial charge in [0.25, 0.3) is 0 Å². The highest BCUT2D eigenvalue weighted by Gasteiger charge is 2.21. The molecule has 0 bridgehead atoms. The first-order chi connectivity index (χ1) is 9.70. The molecule has 1 saturated carbocycles. The summed E-state index contributed by atoms with van der Waals surface area (Å²) < 4.78 is 0. The molecule has 0 radical (unpaired) electrons. The van der Waals surface area contributed by atoms with Crippen molar-refractivity contribution in [3.8, 4) is 0 Å². The van der Waals surface area contributed by atoms with E-state index in [2.05, 4.69) is 50.4 Å². The lowest BCUT2D eigenvalue weighted by Gasteiger charge is -2.31. The summed E-state index contributed by atoms with van der Waals surface area (Å²) in [5, 5.41) is 3.82. The molecule has 0 amide bonds. The van der Waals surface area contributed by atoms with Crippen LogP contribution in [0.25, 0.3) is 0 Å². The van der Waals surface area contributed by atoms with E-state index in [1.807, 2.05) is 0 Å². The highest BCUT2D eigenvalue weighted by atomic mass is 14.9. The van der Waals surface area contributed by atoms with Crippen molar-refractivity contribution in [2.45, 2.75) is 77.8 Å². The van der Waals surface area contributed by atoms with Crippen LogP contribution in [0, 0.1) is 5.92 Å². The highest BCUT2D eigenvalue weighted by Crippen LogP contribution is 2.27. The molecule has 0 aromatic heterocycles. The van der Waals surface area contributed by atoms with Gasteiger partial charge in [-0.1, -0.05) is 56.9 Å². The second-order valence-corrected chi connectivity index (χ2v) is 6.57. The van der Waals surface area contributed by atoms with Gasteiger partial charge in [-0.3, -0.25) is 0 Å². The van der Waals surface area contributed by atoms with Gasteiger partial charge in [0.15, 0.2) is 0 Å². The molecule has 1 heteroatoms. The van der Waals surface area contributed by atoms with E-state index in [9.17, 15) is 0 Å². The highest BCUT2D eigenvalue weighted by molar-refractivity contribution is 5.24. The number of hydrogen-bond donors (Lipinski definition) is 1. The van der Waals surface area contributed by atoms with Crippen LogP contribution >= 0.6 is 0 Å². The van der Waals surface area contributed by atoms with Gasteiger partial charge in [-0.2, -0.15) is 0 Å². The van der Waals surface area contributed by atoms with E-state index in [-0.39, 0.29) is 0 Å². The van der Waals surface area contributed by atoms with E-state index >= 15 is 0 Å². The molecule has 0 aliphatic heterocycles. The fourth-order valence-electron chi connectivity index (χ4n) is 3.52. The molecule has 1 fully saturated rings. The zero-order valence-corrected chi connectivity index (χ0v) is 13.5. The standard InChI is InChI=1S/C19H31N/c1-4-8-17-11-13-19(14-12-17)16(3)20-15(2)18-9-6-5-7-10-18/h11-16,18,20H,4-10H2,1-3H3. The summed E-state index contributed by atoms with van der Waals surface area (Å²) in [4.78, 5) is 0. The number of rotatable bonds is 6. The number of hydrogen-bond acceptors (Lipinski definition) is 1. The molecular weight excluding hydrogens is 242 g/mol. The maximum absolute atomic E-state index is 3.82. The first-order valence-corrected chi connectivity index (χ1v) is 8.55. The normalized spacial score (nSPS) is 19.8. The lowest BCUT2D eigenvalue weighted by atomic mass is 9.84. The molecule has 1 aromatic rings. The van der Waals surface area contributed by atoms with Crippen molar-refractivity contribution in [2.75, 3.05) is 0 Å². The summed E-state index contributed by atoms with van der Waals surface area (Å²) in [6, 6.07) is 10.3. The molecule has 1 nitrogen and oxygen atoms in total. The van der Waals surface area contributed by atoms with E-state index in [0.717, 1.165) is 5.92 Å². The molecule has 1 aliphatic rings. The Morgan fingerprint density at radius 1 is 1.05 bits per heavy atom. The molecule has 0 spiro atoms. The molecule has 2 rings (SSSR count). The largest absolute Gasteiger partial charge is 0.307 e. The maximum Gasteiger partial charge on any atom is 0.0294 e. The summed E-state index contributed by atoms with van der Waals surface area (Å²) in [5.41, 5.74) is 2.89. The average molecular weight is 273 g/mol. The Hall–Kier alpha value is -0.820. The second-order valence-electron chi connectivity index (χ2n) is 6.57. The van der Waals surface area contributed by atoms with Gasteiger partial charge in [-0.15, -0.1) is 0 Å². The van der Waals surface area contributed by atoms with E-state index in [0.29, 0.717) is 12.1 Å². The third kappa shape index (κ3) is 4.34. The predicted octanol–water partition coefficient (Wildman–Crippen LogP) is 5.26. The van der Waals surface area contributed by atoms with Gasteiger partial charge in [0.05, 0.1) is 0 Å². The van der Waals surface area contributed by atoms with Crippen LogP contribution < -0.4 is 5.32 Å². The van der Waals surface area contributed by atoms with Crippen LogP contribution in [0.2, 0.25) is 0 Å². The van der Waals surface area contributed by atoms with Gasteiger partial charge < -0.3 is 5.32 Å². The van der Waals surface area contributed by atoms with Crippen molar-refractivity contribution in [3.05, 3.63) is 35.4 Å². The molecule has 112 valence electrons. The smallest absolute Gasteiger partial charge is 0.0294 e. The number of nitrogens with one attached hydrogen (secondary N) is 1. The quantitative estimate of drug-likeness (QED) is 0.745. The summed E-state index contributed by atoms with van der Waals surface area (Å²) in [5.74, 6) is 0.880. The fourth-order valence-corrected chi connectivity index (χ4v) is 3.52. The molecule has 0 saturated heterocycles. The fraction of sp³-hybridized carbons (Fsp3) is 0.684. The molecule has 0 heterocycles. The van der Waals surface area contributed by atoms with Gasteiger partial charge in [0.2, 0.25) is 0 Å². The summed E-state index contributed by atoms with van der Waals surface area (Å²) in [7, 11) is 0. The van der Waals surface area contributed by atoms with Gasteiger partial charge in [0, 0.05) is 12.1 Å². The number of aryl methyl sites for hydroxylation is 1. The Morgan fingerprint density at radius 3 is 2.30 bits per heavy atom. The van der Waals surface area contributed by atoms with Crippen molar-refractivity contribution in [2.24, 2.45) is 5.92 Å². The van der Waals surface area contributed by atoms with Crippen LogP contribution in [-0.2, 0) is 6.42 Å². The molecule has 2 unspecified atom stereocenters. The number of benzene rings is 1. The SMILES string of the molecule is CCCc1ccc(C(C)NC(C)C2CCCCC2)cc1. The summed E-state index contributed by atoms with van der Waals surface area (Å²) >= 11 is 0. The van der Waals surface area contributed by atoms with Gasteiger partial charge in [-0.25, -0.2) is 0 Å². The van der Waals surface area contributed by atoms with Crippen LogP contribution in [0.4, 0.5) is 0 Å². The lowest BCUT2D eigenvalue weighted by Crippen LogP contribution is -2.36. The van der Waals surface area contributed by atoms with Gasteiger partial charge in [-0.05, 0) is 50.2 Å². The monoisotopic (exact) mass is 273 g/mol. The minimum atomic E-state index is 0.461. The Labute approximate surface area is 125 Å². The van der Waals surface area contributed by atoms with Crippen LogP contribution in [0.15, 0.2) is 24.3 Å². The van der Waals surface area contributed by atoms with E-state index in [4.69, 9.17) is 0 Å². The molecule has 20 heavy (non-hydrogen) atoms. The first kappa shape index (κ1) is 15.6. The van der Waals surface area contributed by atoms with E-state index in [1.54, 1.807) is 0 Å². The van der Waals surface area contributed by atoms with Crippen LogP contribution in [-0.4, -0.2) is 6.04 Å². The zero-order chi connectivity index (χ0) is 14.4. The van der Waals surface area contributed by atoms with Crippen molar-refractivity contribution >= 4 is 0 Å². The molecule has 1 aromatic carbocycles. The van der Waals surface area contributed by atoms with Crippen molar-refractivity contribution in [1.82, 2.24) is 5.32 Å². The zero-order valence-electron chi connectivity index (χ0n) is 13.5. The van der Waals surface area contributed by atoms with Crippen molar-refractivity contribution in [1.29, 1.82) is 0 Å². The van der Waals surface area contributed by atoms with Crippen LogP contribution in [0.5, 0.6) is 0 Å². The molecule has 1 aliphatic carbocycles.